The third-order valence-corrected chi connectivity index (χ3v) is 3.71. The summed E-state index contributed by atoms with van der Waals surface area (Å²) in [6, 6.07) is 0.622. The number of aromatic nitrogens is 2. The zero-order valence-electron chi connectivity index (χ0n) is 10.5. The molecule has 0 aliphatic heterocycles. The Labute approximate surface area is 107 Å². The fourth-order valence-corrected chi connectivity index (χ4v) is 2.52. The summed E-state index contributed by atoms with van der Waals surface area (Å²) in [6.07, 6.45) is 13.4. The maximum Gasteiger partial charge on any atom is 0.220 e. The van der Waals surface area contributed by atoms with Crippen LogP contribution in [0.15, 0.2) is 24.7 Å². The van der Waals surface area contributed by atoms with E-state index in [1.54, 1.807) is 0 Å². The average Bonchev–Trinajstić information content (AvgIpc) is 2.90. The van der Waals surface area contributed by atoms with E-state index in [0.29, 0.717) is 24.9 Å². The fraction of sp³-hybridized carbons (Fsp3) is 0.571. The van der Waals surface area contributed by atoms with Crippen LogP contribution in [0.5, 0.6) is 0 Å². The molecule has 0 spiro atoms. The number of nitrogens with one attached hydrogen (secondary N) is 1. The summed E-state index contributed by atoms with van der Waals surface area (Å²) in [6.45, 7) is 0.603. The second-order valence-electron chi connectivity index (χ2n) is 5.27. The summed E-state index contributed by atoms with van der Waals surface area (Å²) in [5.74, 6) is 0.591. The van der Waals surface area contributed by atoms with Gasteiger partial charge < -0.3 is 9.88 Å². The van der Waals surface area contributed by atoms with Crippen molar-refractivity contribution >= 4 is 5.91 Å². The van der Waals surface area contributed by atoms with Crippen LogP contribution in [0.2, 0.25) is 0 Å². The second-order valence-corrected chi connectivity index (χ2v) is 5.27. The van der Waals surface area contributed by atoms with Crippen LogP contribution in [0, 0.1) is 5.92 Å². The molecule has 4 nitrogen and oxygen atoms in total. The van der Waals surface area contributed by atoms with Gasteiger partial charge in [0.1, 0.15) is 0 Å². The number of hydrogen-bond donors (Lipinski definition) is 1. The number of nitrogens with zero attached hydrogens (tertiary/aromatic N) is 2. The largest absolute Gasteiger partial charge is 0.350 e. The van der Waals surface area contributed by atoms with Crippen LogP contribution in [0.4, 0.5) is 0 Å². The van der Waals surface area contributed by atoms with Gasteiger partial charge in [0.25, 0.3) is 0 Å². The molecule has 2 aliphatic rings. The highest BCUT2D eigenvalue weighted by Gasteiger charge is 2.25. The van der Waals surface area contributed by atoms with Gasteiger partial charge in [0.15, 0.2) is 0 Å². The maximum absolute atomic E-state index is 11.8. The Morgan fingerprint density at radius 2 is 2.33 bits per heavy atom. The Bertz CT molecular complexity index is 459. The molecule has 1 fully saturated rings. The molecule has 0 saturated heterocycles. The summed E-state index contributed by atoms with van der Waals surface area (Å²) in [5, 5.41) is 3.00. The zero-order valence-corrected chi connectivity index (χ0v) is 10.5. The first kappa shape index (κ1) is 11.5. The molecule has 0 aromatic carbocycles. The SMILES string of the molecule is O=C(CC1C=CCC1)NCc1cncn1C1CC1. The van der Waals surface area contributed by atoms with Crippen molar-refractivity contribution in [1.29, 1.82) is 0 Å². The van der Waals surface area contributed by atoms with Gasteiger partial charge in [-0.05, 0) is 31.6 Å². The third-order valence-electron chi connectivity index (χ3n) is 3.71. The molecule has 1 amide bonds. The minimum atomic E-state index is 0.148. The van der Waals surface area contributed by atoms with Gasteiger partial charge >= 0.3 is 0 Å². The molecule has 1 aromatic rings. The molecule has 1 aromatic heterocycles. The topological polar surface area (TPSA) is 46.9 Å². The molecule has 1 saturated carbocycles. The highest BCUT2D eigenvalue weighted by Crippen LogP contribution is 2.35. The zero-order chi connectivity index (χ0) is 12.4. The lowest BCUT2D eigenvalue weighted by Crippen LogP contribution is -2.25. The van der Waals surface area contributed by atoms with Crippen molar-refractivity contribution in [2.24, 2.45) is 5.92 Å². The van der Waals surface area contributed by atoms with Crippen molar-refractivity contribution in [2.45, 2.75) is 44.7 Å². The first-order valence-corrected chi connectivity index (χ1v) is 6.77. The molecule has 0 bridgehead atoms. The van der Waals surface area contributed by atoms with Crippen LogP contribution >= 0.6 is 0 Å². The summed E-state index contributed by atoms with van der Waals surface area (Å²) in [7, 11) is 0. The van der Waals surface area contributed by atoms with Crippen molar-refractivity contribution in [2.75, 3.05) is 0 Å². The highest BCUT2D eigenvalue weighted by atomic mass is 16.1. The monoisotopic (exact) mass is 245 g/mol. The van der Waals surface area contributed by atoms with Crippen LogP contribution in [-0.4, -0.2) is 15.5 Å². The van der Waals surface area contributed by atoms with Crippen molar-refractivity contribution in [1.82, 2.24) is 14.9 Å². The predicted molar refractivity (Wildman–Crippen MR) is 68.8 cm³/mol. The first-order chi connectivity index (χ1) is 8.83. The number of hydrogen-bond acceptors (Lipinski definition) is 2. The molecule has 18 heavy (non-hydrogen) atoms. The summed E-state index contributed by atoms with van der Waals surface area (Å²) < 4.78 is 2.19. The molecule has 2 aliphatic carbocycles. The summed E-state index contributed by atoms with van der Waals surface area (Å²) >= 11 is 0. The molecule has 1 unspecified atom stereocenters. The maximum atomic E-state index is 11.8. The minimum absolute atomic E-state index is 0.148. The van der Waals surface area contributed by atoms with Crippen LogP contribution < -0.4 is 5.32 Å². The molecule has 1 heterocycles. The van der Waals surface area contributed by atoms with Crippen LogP contribution in [-0.2, 0) is 11.3 Å². The molecule has 96 valence electrons. The van der Waals surface area contributed by atoms with Gasteiger partial charge in [-0.3, -0.25) is 4.79 Å². The summed E-state index contributed by atoms with van der Waals surface area (Å²) in [4.78, 5) is 16.0. The Hall–Kier alpha value is -1.58. The fourth-order valence-electron chi connectivity index (χ4n) is 2.52. The quantitative estimate of drug-likeness (QED) is 0.808. The Morgan fingerprint density at radius 1 is 1.44 bits per heavy atom. The van der Waals surface area contributed by atoms with E-state index in [9.17, 15) is 4.79 Å². The van der Waals surface area contributed by atoms with E-state index in [1.807, 2.05) is 12.5 Å². The lowest BCUT2D eigenvalue weighted by atomic mass is 10.1. The Kier molecular flexibility index (Phi) is 3.17. The number of carbonyl (C=O) groups is 1. The normalized spacial score (nSPS) is 22.3. The van der Waals surface area contributed by atoms with Crippen molar-refractivity contribution in [3.05, 3.63) is 30.4 Å². The van der Waals surface area contributed by atoms with E-state index < -0.39 is 0 Å². The molecular weight excluding hydrogens is 226 g/mol. The van der Waals surface area contributed by atoms with E-state index in [4.69, 9.17) is 0 Å². The lowest BCUT2D eigenvalue weighted by molar-refractivity contribution is -0.121. The van der Waals surface area contributed by atoms with E-state index >= 15 is 0 Å². The van der Waals surface area contributed by atoms with Gasteiger partial charge in [0.2, 0.25) is 5.91 Å². The second kappa shape index (κ2) is 4.96. The number of allylic oxidation sites excluding steroid dienone is 2. The van der Waals surface area contributed by atoms with Crippen molar-refractivity contribution in [3.63, 3.8) is 0 Å². The smallest absolute Gasteiger partial charge is 0.220 e. The first-order valence-electron chi connectivity index (χ1n) is 6.77. The van der Waals surface area contributed by atoms with Crippen molar-refractivity contribution < 1.29 is 4.79 Å². The van der Waals surface area contributed by atoms with Crippen LogP contribution in [0.25, 0.3) is 0 Å². The molecule has 1 N–H and O–H groups in total. The Morgan fingerprint density at radius 3 is 3.06 bits per heavy atom. The van der Waals surface area contributed by atoms with E-state index in [2.05, 4.69) is 27.0 Å². The Balaban J connectivity index is 1.49. The summed E-state index contributed by atoms with van der Waals surface area (Å²) in [5.41, 5.74) is 1.12. The molecular formula is C14H19N3O. The minimum Gasteiger partial charge on any atom is -0.350 e. The number of rotatable bonds is 5. The lowest BCUT2D eigenvalue weighted by Gasteiger charge is -2.10. The van der Waals surface area contributed by atoms with E-state index in [1.165, 1.54) is 12.8 Å². The molecule has 1 atom stereocenters. The van der Waals surface area contributed by atoms with Gasteiger partial charge in [0.05, 0.1) is 18.6 Å². The molecule has 3 rings (SSSR count). The molecule has 0 radical (unpaired) electrons. The average molecular weight is 245 g/mol. The van der Waals surface area contributed by atoms with Gasteiger partial charge in [0, 0.05) is 18.7 Å². The number of carbonyl (C=O) groups excluding carboxylic acids is 1. The highest BCUT2D eigenvalue weighted by molar-refractivity contribution is 5.76. The van der Waals surface area contributed by atoms with Crippen LogP contribution in [0.3, 0.4) is 0 Å². The van der Waals surface area contributed by atoms with Gasteiger partial charge in [-0.15, -0.1) is 0 Å². The third kappa shape index (κ3) is 2.63. The van der Waals surface area contributed by atoms with E-state index in [0.717, 1.165) is 18.5 Å². The number of imidazole rings is 1. The molecule has 4 heteroatoms. The van der Waals surface area contributed by atoms with Gasteiger partial charge in [-0.2, -0.15) is 0 Å². The van der Waals surface area contributed by atoms with Crippen LogP contribution in [0.1, 0.15) is 43.8 Å². The predicted octanol–water partition coefficient (Wildman–Crippen LogP) is 2.19. The van der Waals surface area contributed by atoms with Crippen molar-refractivity contribution in [3.8, 4) is 0 Å². The number of amides is 1. The van der Waals surface area contributed by atoms with Gasteiger partial charge in [-0.25, -0.2) is 4.98 Å². The van der Waals surface area contributed by atoms with E-state index in [-0.39, 0.29) is 5.91 Å². The van der Waals surface area contributed by atoms with Gasteiger partial charge in [-0.1, -0.05) is 12.2 Å². The standard InChI is InChI=1S/C14H19N3O/c18-14(7-11-3-1-2-4-11)16-9-13-8-15-10-17(13)12-5-6-12/h1,3,8,10-12H,2,4-7,9H2,(H,16,18).